The number of hydrogen-bond donors (Lipinski definition) is 2. The Morgan fingerprint density at radius 2 is 2.29 bits per heavy atom. The first-order chi connectivity index (χ1) is 8.08. The highest BCUT2D eigenvalue weighted by Gasteiger charge is 2.27. The summed E-state index contributed by atoms with van der Waals surface area (Å²) in [5.41, 5.74) is 5.81. The number of aromatic amines is 1. The second kappa shape index (κ2) is 4.91. The Morgan fingerprint density at radius 1 is 1.53 bits per heavy atom. The van der Waals surface area contributed by atoms with E-state index in [1.54, 1.807) is 17.2 Å². The molecule has 6 heteroatoms. The predicted octanol–water partition coefficient (Wildman–Crippen LogP) is 1.11. The van der Waals surface area contributed by atoms with Crippen LogP contribution in [0.1, 0.15) is 23.3 Å². The van der Waals surface area contributed by atoms with Gasteiger partial charge in [-0.2, -0.15) is 0 Å². The van der Waals surface area contributed by atoms with Gasteiger partial charge in [0, 0.05) is 23.8 Å². The average Bonchev–Trinajstić information content (AvgIpc) is 2.75. The SMILES string of the molecule is NC(=O)C1CCCN(C(=O)c2cc(Br)c[nH]2)C1. The Morgan fingerprint density at radius 3 is 2.88 bits per heavy atom. The molecule has 0 saturated carbocycles. The Kier molecular flexibility index (Phi) is 3.51. The average molecular weight is 300 g/mol. The van der Waals surface area contributed by atoms with Crippen LogP contribution >= 0.6 is 15.9 Å². The van der Waals surface area contributed by atoms with Gasteiger partial charge in [-0.3, -0.25) is 9.59 Å². The number of halogens is 1. The summed E-state index contributed by atoms with van der Waals surface area (Å²) in [7, 11) is 0. The van der Waals surface area contributed by atoms with Gasteiger partial charge in [0.15, 0.2) is 0 Å². The molecular formula is C11H14BrN3O2. The summed E-state index contributed by atoms with van der Waals surface area (Å²) in [6.07, 6.45) is 3.30. The molecule has 17 heavy (non-hydrogen) atoms. The molecule has 1 aromatic heterocycles. The molecule has 2 heterocycles. The van der Waals surface area contributed by atoms with E-state index in [0.29, 0.717) is 18.8 Å². The third kappa shape index (κ3) is 2.69. The van der Waals surface area contributed by atoms with Gasteiger partial charge in [0.05, 0.1) is 5.92 Å². The number of rotatable bonds is 2. The van der Waals surface area contributed by atoms with Crippen LogP contribution in [-0.4, -0.2) is 34.8 Å². The van der Waals surface area contributed by atoms with Crippen molar-refractivity contribution >= 4 is 27.7 Å². The van der Waals surface area contributed by atoms with E-state index in [-0.39, 0.29) is 17.7 Å². The van der Waals surface area contributed by atoms with E-state index in [0.717, 1.165) is 17.3 Å². The smallest absolute Gasteiger partial charge is 0.270 e. The number of aromatic nitrogens is 1. The molecule has 2 amide bonds. The summed E-state index contributed by atoms with van der Waals surface area (Å²) in [5, 5.41) is 0. The van der Waals surface area contributed by atoms with Gasteiger partial charge < -0.3 is 15.6 Å². The quantitative estimate of drug-likeness (QED) is 0.858. The summed E-state index contributed by atoms with van der Waals surface area (Å²) in [6, 6.07) is 1.73. The van der Waals surface area contributed by atoms with Crippen molar-refractivity contribution in [2.75, 3.05) is 13.1 Å². The number of carbonyl (C=O) groups is 2. The van der Waals surface area contributed by atoms with E-state index in [4.69, 9.17) is 5.73 Å². The minimum Gasteiger partial charge on any atom is -0.369 e. The molecule has 1 unspecified atom stereocenters. The van der Waals surface area contributed by atoms with Crippen LogP contribution in [0.25, 0.3) is 0 Å². The van der Waals surface area contributed by atoms with Crippen LogP contribution in [0.5, 0.6) is 0 Å². The van der Waals surface area contributed by atoms with Crippen molar-refractivity contribution in [2.45, 2.75) is 12.8 Å². The molecule has 0 bridgehead atoms. The zero-order valence-electron chi connectivity index (χ0n) is 9.28. The van der Waals surface area contributed by atoms with Gasteiger partial charge in [0.25, 0.3) is 5.91 Å². The first kappa shape index (κ1) is 12.2. The Bertz CT molecular complexity index is 444. The lowest BCUT2D eigenvalue weighted by Crippen LogP contribution is -2.44. The standard InChI is InChI=1S/C11H14BrN3O2/c12-8-4-9(14-5-8)11(17)15-3-1-2-7(6-15)10(13)16/h4-5,7,14H,1-3,6H2,(H2,13,16). The Balaban J connectivity index is 2.07. The molecule has 1 aromatic rings. The highest BCUT2D eigenvalue weighted by atomic mass is 79.9. The minimum absolute atomic E-state index is 0.0818. The number of primary amides is 1. The van der Waals surface area contributed by atoms with Crippen LogP contribution in [0, 0.1) is 5.92 Å². The van der Waals surface area contributed by atoms with Crippen molar-refractivity contribution in [1.29, 1.82) is 0 Å². The van der Waals surface area contributed by atoms with Gasteiger partial charge in [-0.1, -0.05) is 0 Å². The first-order valence-electron chi connectivity index (χ1n) is 5.50. The van der Waals surface area contributed by atoms with Gasteiger partial charge in [0.1, 0.15) is 5.69 Å². The molecule has 1 saturated heterocycles. The fraction of sp³-hybridized carbons (Fsp3) is 0.455. The number of likely N-dealkylation sites (tertiary alicyclic amines) is 1. The summed E-state index contributed by atoms with van der Waals surface area (Å²) in [5.74, 6) is -0.622. The lowest BCUT2D eigenvalue weighted by atomic mass is 9.97. The van der Waals surface area contributed by atoms with E-state index < -0.39 is 0 Å². The van der Waals surface area contributed by atoms with Crippen LogP contribution in [0.4, 0.5) is 0 Å². The largest absolute Gasteiger partial charge is 0.369 e. The molecule has 0 aromatic carbocycles. The lowest BCUT2D eigenvalue weighted by Gasteiger charge is -2.30. The summed E-state index contributed by atoms with van der Waals surface area (Å²) < 4.78 is 0.837. The highest BCUT2D eigenvalue weighted by Crippen LogP contribution is 2.19. The van der Waals surface area contributed by atoms with E-state index in [1.807, 2.05) is 0 Å². The van der Waals surface area contributed by atoms with Crippen molar-refractivity contribution in [3.8, 4) is 0 Å². The van der Waals surface area contributed by atoms with E-state index in [2.05, 4.69) is 20.9 Å². The van der Waals surface area contributed by atoms with Gasteiger partial charge in [-0.25, -0.2) is 0 Å². The Hall–Kier alpha value is -1.30. The van der Waals surface area contributed by atoms with Crippen LogP contribution in [0.2, 0.25) is 0 Å². The fourth-order valence-corrected chi connectivity index (χ4v) is 2.40. The number of piperidine rings is 1. The maximum Gasteiger partial charge on any atom is 0.270 e. The molecule has 0 spiro atoms. The first-order valence-corrected chi connectivity index (χ1v) is 6.29. The monoisotopic (exact) mass is 299 g/mol. The molecular weight excluding hydrogens is 286 g/mol. The Labute approximate surface area is 107 Å². The lowest BCUT2D eigenvalue weighted by molar-refractivity contribution is -0.123. The van der Waals surface area contributed by atoms with Crippen molar-refractivity contribution in [3.63, 3.8) is 0 Å². The number of hydrogen-bond acceptors (Lipinski definition) is 2. The van der Waals surface area contributed by atoms with Crippen LogP contribution in [0.3, 0.4) is 0 Å². The van der Waals surface area contributed by atoms with Crippen LogP contribution < -0.4 is 5.73 Å². The number of amides is 2. The zero-order valence-corrected chi connectivity index (χ0v) is 10.9. The van der Waals surface area contributed by atoms with Gasteiger partial charge in [0.2, 0.25) is 5.91 Å². The van der Waals surface area contributed by atoms with E-state index in [1.165, 1.54) is 0 Å². The number of nitrogens with one attached hydrogen (secondary N) is 1. The van der Waals surface area contributed by atoms with Gasteiger partial charge in [-0.05, 0) is 34.8 Å². The summed E-state index contributed by atoms with van der Waals surface area (Å²) in [4.78, 5) is 27.8. The summed E-state index contributed by atoms with van der Waals surface area (Å²) in [6.45, 7) is 1.10. The van der Waals surface area contributed by atoms with Crippen molar-refractivity contribution < 1.29 is 9.59 Å². The molecule has 3 N–H and O–H groups in total. The maximum absolute atomic E-state index is 12.1. The molecule has 1 fully saturated rings. The molecule has 1 aliphatic heterocycles. The van der Waals surface area contributed by atoms with E-state index in [9.17, 15) is 9.59 Å². The number of H-pyrrole nitrogens is 1. The summed E-state index contributed by atoms with van der Waals surface area (Å²) >= 11 is 3.28. The topological polar surface area (TPSA) is 79.2 Å². The molecule has 92 valence electrons. The normalized spacial score (nSPS) is 20.3. The molecule has 5 nitrogen and oxygen atoms in total. The van der Waals surface area contributed by atoms with Crippen LogP contribution in [-0.2, 0) is 4.79 Å². The zero-order chi connectivity index (χ0) is 12.4. The third-order valence-corrected chi connectivity index (χ3v) is 3.45. The van der Waals surface area contributed by atoms with Crippen molar-refractivity contribution in [2.24, 2.45) is 11.7 Å². The van der Waals surface area contributed by atoms with Gasteiger partial charge in [-0.15, -0.1) is 0 Å². The third-order valence-electron chi connectivity index (χ3n) is 2.99. The maximum atomic E-state index is 12.1. The molecule has 1 aliphatic rings. The minimum atomic E-state index is -0.324. The van der Waals surface area contributed by atoms with Crippen LogP contribution in [0.15, 0.2) is 16.7 Å². The van der Waals surface area contributed by atoms with Crippen molar-refractivity contribution in [3.05, 3.63) is 22.4 Å². The number of nitrogens with zero attached hydrogens (tertiary/aromatic N) is 1. The molecule has 1 atom stereocenters. The van der Waals surface area contributed by atoms with Gasteiger partial charge >= 0.3 is 0 Å². The second-order valence-electron chi connectivity index (χ2n) is 4.22. The molecule has 0 aliphatic carbocycles. The molecule has 2 rings (SSSR count). The molecule has 0 radical (unpaired) electrons. The number of carbonyl (C=O) groups excluding carboxylic acids is 2. The number of nitrogens with two attached hydrogens (primary N) is 1. The highest BCUT2D eigenvalue weighted by molar-refractivity contribution is 9.10. The van der Waals surface area contributed by atoms with E-state index >= 15 is 0 Å². The second-order valence-corrected chi connectivity index (χ2v) is 5.14. The predicted molar refractivity (Wildman–Crippen MR) is 66.3 cm³/mol. The fourth-order valence-electron chi connectivity index (χ4n) is 2.06. The van der Waals surface area contributed by atoms with Crippen molar-refractivity contribution in [1.82, 2.24) is 9.88 Å².